The summed E-state index contributed by atoms with van der Waals surface area (Å²) in [5.41, 5.74) is 0.865. The predicted octanol–water partition coefficient (Wildman–Crippen LogP) is 2.21. The number of rotatable bonds is 4. The Morgan fingerprint density at radius 3 is 2.85 bits per heavy atom. The van der Waals surface area contributed by atoms with Crippen molar-refractivity contribution in [3.05, 3.63) is 48.2 Å². The third-order valence-electron chi connectivity index (χ3n) is 2.42. The predicted molar refractivity (Wildman–Crippen MR) is 71.4 cm³/mol. The average Bonchev–Trinajstić information content (AvgIpc) is 3.10. The number of benzene rings is 1. The second kappa shape index (κ2) is 5.57. The third kappa shape index (κ3) is 2.54. The van der Waals surface area contributed by atoms with Crippen molar-refractivity contribution in [2.75, 3.05) is 0 Å². The molecule has 0 aliphatic carbocycles. The van der Waals surface area contributed by atoms with E-state index in [2.05, 4.69) is 20.7 Å². The van der Waals surface area contributed by atoms with Crippen LogP contribution in [-0.4, -0.2) is 31.6 Å². The highest BCUT2D eigenvalue weighted by Crippen LogP contribution is 2.28. The number of hydrogen-bond acceptors (Lipinski definition) is 7. The molecule has 2 heterocycles. The molecular formula is C12H9N5O2S. The normalized spacial score (nSPS) is 11.2. The Morgan fingerprint density at radius 2 is 2.05 bits per heavy atom. The molecule has 0 radical (unpaired) electrons. The molecule has 7 nitrogen and oxygen atoms in total. The third-order valence-corrected chi connectivity index (χ3v) is 3.28. The largest absolute Gasteiger partial charge is 0.448 e. The van der Waals surface area contributed by atoms with Gasteiger partial charge in [0.25, 0.3) is 0 Å². The van der Waals surface area contributed by atoms with Gasteiger partial charge in [-0.3, -0.25) is 0 Å². The van der Waals surface area contributed by atoms with E-state index in [9.17, 15) is 0 Å². The SMILES string of the molecule is O/N=C/c1ccc(Sc2nnnn2-c2ccccc2)o1. The molecule has 0 atom stereocenters. The van der Waals surface area contributed by atoms with Gasteiger partial charge < -0.3 is 9.62 Å². The summed E-state index contributed by atoms with van der Waals surface area (Å²) in [7, 11) is 0. The maximum atomic E-state index is 8.44. The van der Waals surface area contributed by atoms with Crippen molar-refractivity contribution in [2.45, 2.75) is 10.2 Å². The van der Waals surface area contributed by atoms with Crippen LogP contribution in [0.2, 0.25) is 0 Å². The molecule has 100 valence electrons. The standard InChI is InChI=1S/C12H9N5O2S/c18-13-8-10-6-7-11(19-10)20-12-14-15-16-17(12)9-4-2-1-3-5-9/h1-8,18H/b13-8+. The van der Waals surface area contributed by atoms with Crippen LogP contribution in [0.5, 0.6) is 0 Å². The molecule has 2 aromatic heterocycles. The van der Waals surface area contributed by atoms with E-state index in [4.69, 9.17) is 9.62 Å². The van der Waals surface area contributed by atoms with Gasteiger partial charge in [0.05, 0.1) is 5.69 Å². The van der Waals surface area contributed by atoms with Crippen molar-refractivity contribution in [2.24, 2.45) is 5.16 Å². The molecule has 1 aromatic carbocycles. The van der Waals surface area contributed by atoms with Gasteiger partial charge in [0, 0.05) is 0 Å². The summed E-state index contributed by atoms with van der Waals surface area (Å²) in [6.07, 6.45) is 1.21. The van der Waals surface area contributed by atoms with E-state index in [1.54, 1.807) is 16.8 Å². The molecule has 8 heteroatoms. The summed E-state index contributed by atoms with van der Waals surface area (Å²) in [4.78, 5) is 0. The van der Waals surface area contributed by atoms with E-state index in [1.165, 1.54) is 18.0 Å². The van der Waals surface area contributed by atoms with Crippen LogP contribution >= 0.6 is 11.8 Å². The Bertz CT molecular complexity index is 722. The summed E-state index contributed by atoms with van der Waals surface area (Å²) in [6, 6.07) is 13.0. The minimum atomic E-state index is 0.453. The van der Waals surface area contributed by atoms with Crippen LogP contribution in [0, 0.1) is 0 Å². The number of furan rings is 1. The van der Waals surface area contributed by atoms with Crippen molar-refractivity contribution < 1.29 is 9.62 Å². The average molecular weight is 287 g/mol. The monoisotopic (exact) mass is 287 g/mol. The number of aromatic nitrogens is 4. The maximum Gasteiger partial charge on any atom is 0.221 e. The van der Waals surface area contributed by atoms with Crippen LogP contribution in [0.1, 0.15) is 5.76 Å². The zero-order chi connectivity index (χ0) is 13.8. The second-order valence-electron chi connectivity index (χ2n) is 3.71. The molecule has 1 N–H and O–H groups in total. The summed E-state index contributed by atoms with van der Waals surface area (Å²) in [5, 5.41) is 24.1. The fraction of sp³-hybridized carbons (Fsp3) is 0. The Morgan fingerprint density at radius 1 is 1.20 bits per heavy atom. The number of nitrogens with zero attached hydrogens (tertiary/aromatic N) is 5. The zero-order valence-electron chi connectivity index (χ0n) is 10.1. The van der Waals surface area contributed by atoms with Crippen LogP contribution in [0.25, 0.3) is 5.69 Å². The van der Waals surface area contributed by atoms with E-state index in [1.807, 2.05) is 30.3 Å². The number of tetrazole rings is 1. The van der Waals surface area contributed by atoms with Gasteiger partial charge in [-0.1, -0.05) is 23.4 Å². The van der Waals surface area contributed by atoms with Gasteiger partial charge in [-0.2, -0.15) is 4.68 Å². The van der Waals surface area contributed by atoms with E-state index >= 15 is 0 Å². The lowest BCUT2D eigenvalue weighted by Gasteiger charge is -2.01. The Labute approximate surface area is 117 Å². The van der Waals surface area contributed by atoms with Crippen LogP contribution in [0.3, 0.4) is 0 Å². The van der Waals surface area contributed by atoms with Crippen molar-refractivity contribution in [3.63, 3.8) is 0 Å². The second-order valence-corrected chi connectivity index (χ2v) is 4.68. The minimum absolute atomic E-state index is 0.453. The first-order valence-corrected chi connectivity index (χ1v) is 6.47. The first-order valence-electron chi connectivity index (χ1n) is 5.66. The lowest BCUT2D eigenvalue weighted by Crippen LogP contribution is -1.97. The molecule has 0 fully saturated rings. The maximum absolute atomic E-state index is 8.44. The number of oxime groups is 1. The summed E-state index contributed by atoms with van der Waals surface area (Å²) < 4.78 is 7.05. The first-order chi connectivity index (χ1) is 9.86. The smallest absolute Gasteiger partial charge is 0.221 e. The molecule has 0 spiro atoms. The van der Waals surface area contributed by atoms with E-state index < -0.39 is 0 Å². The van der Waals surface area contributed by atoms with Gasteiger partial charge in [-0.05, 0) is 46.5 Å². The Hall–Kier alpha value is -2.61. The van der Waals surface area contributed by atoms with E-state index in [-0.39, 0.29) is 0 Å². The Kier molecular flexibility index (Phi) is 3.46. The van der Waals surface area contributed by atoms with Gasteiger partial charge >= 0.3 is 0 Å². The quantitative estimate of drug-likeness (QED) is 0.449. The molecule has 3 rings (SSSR count). The highest BCUT2D eigenvalue weighted by atomic mass is 32.2. The van der Waals surface area contributed by atoms with Crippen molar-refractivity contribution in [3.8, 4) is 5.69 Å². The molecule has 0 saturated heterocycles. The molecule has 0 amide bonds. The molecule has 0 aliphatic heterocycles. The Balaban J connectivity index is 1.86. The lowest BCUT2D eigenvalue weighted by atomic mass is 10.3. The van der Waals surface area contributed by atoms with E-state index in [0.717, 1.165) is 5.69 Å². The molecule has 0 saturated carbocycles. The van der Waals surface area contributed by atoms with E-state index in [0.29, 0.717) is 16.0 Å². The summed E-state index contributed by atoms with van der Waals surface area (Å²) >= 11 is 1.28. The minimum Gasteiger partial charge on any atom is -0.448 e. The number of para-hydroxylation sites is 1. The molecular weight excluding hydrogens is 278 g/mol. The van der Waals surface area contributed by atoms with Gasteiger partial charge in [-0.15, -0.1) is 5.10 Å². The zero-order valence-corrected chi connectivity index (χ0v) is 10.9. The molecule has 0 bridgehead atoms. The van der Waals surface area contributed by atoms with Crippen molar-refractivity contribution in [1.29, 1.82) is 0 Å². The van der Waals surface area contributed by atoms with Crippen LogP contribution in [0.4, 0.5) is 0 Å². The fourth-order valence-electron chi connectivity index (χ4n) is 1.58. The highest BCUT2D eigenvalue weighted by Gasteiger charge is 2.12. The van der Waals surface area contributed by atoms with Crippen molar-refractivity contribution >= 4 is 18.0 Å². The molecule has 0 unspecified atom stereocenters. The van der Waals surface area contributed by atoms with Crippen LogP contribution in [-0.2, 0) is 0 Å². The molecule has 3 aromatic rings. The van der Waals surface area contributed by atoms with Gasteiger partial charge in [0.15, 0.2) is 5.09 Å². The highest BCUT2D eigenvalue weighted by molar-refractivity contribution is 7.99. The topological polar surface area (TPSA) is 89.3 Å². The lowest BCUT2D eigenvalue weighted by molar-refractivity contribution is 0.320. The van der Waals surface area contributed by atoms with Gasteiger partial charge in [0.2, 0.25) is 5.16 Å². The van der Waals surface area contributed by atoms with Gasteiger partial charge in [0.1, 0.15) is 12.0 Å². The number of hydrogen-bond donors (Lipinski definition) is 1. The summed E-state index contributed by atoms with van der Waals surface area (Å²) in [5.74, 6) is 0.453. The first kappa shape index (κ1) is 12.4. The summed E-state index contributed by atoms with van der Waals surface area (Å²) in [6.45, 7) is 0. The fourth-order valence-corrected chi connectivity index (χ4v) is 2.34. The molecule has 0 aliphatic rings. The molecule has 20 heavy (non-hydrogen) atoms. The van der Waals surface area contributed by atoms with Crippen molar-refractivity contribution in [1.82, 2.24) is 20.2 Å². The van der Waals surface area contributed by atoms with Crippen LogP contribution in [0.15, 0.2) is 62.3 Å². The van der Waals surface area contributed by atoms with Gasteiger partial charge in [-0.25, -0.2) is 0 Å². The van der Waals surface area contributed by atoms with Crippen LogP contribution < -0.4 is 0 Å².